The number of allylic oxidation sites excluding steroid dienone is 2. The fraction of sp³-hybridized carbons (Fsp3) is 0.375. The highest BCUT2D eigenvalue weighted by Gasteiger charge is 2.17. The van der Waals surface area contributed by atoms with Gasteiger partial charge in [0.25, 0.3) is 0 Å². The molecule has 0 saturated heterocycles. The van der Waals surface area contributed by atoms with Crippen molar-refractivity contribution in [2.75, 3.05) is 14.2 Å². The van der Waals surface area contributed by atoms with Gasteiger partial charge in [0.1, 0.15) is 6.10 Å². The van der Waals surface area contributed by atoms with Gasteiger partial charge in [0.15, 0.2) is 6.10 Å². The van der Waals surface area contributed by atoms with E-state index in [2.05, 4.69) is 0 Å². The maximum atomic E-state index is 5.09. The minimum absolute atomic E-state index is 0.00463. The second kappa shape index (κ2) is 3.54. The van der Waals surface area contributed by atoms with Gasteiger partial charge in [-0.15, -0.1) is 0 Å². The second-order valence-electron chi connectivity index (χ2n) is 2.01. The zero-order valence-corrected chi connectivity index (χ0v) is 6.20. The van der Waals surface area contributed by atoms with Gasteiger partial charge in [0.05, 0.1) is 0 Å². The lowest BCUT2D eigenvalue weighted by atomic mass is 10.1. The molecule has 1 rings (SSSR count). The Labute approximate surface area is 61.1 Å². The van der Waals surface area contributed by atoms with Crippen molar-refractivity contribution in [3.05, 3.63) is 30.4 Å². The van der Waals surface area contributed by atoms with E-state index in [0.29, 0.717) is 0 Å². The molecule has 0 aromatic carbocycles. The van der Waals surface area contributed by atoms with E-state index >= 15 is 0 Å². The van der Waals surface area contributed by atoms with Crippen LogP contribution in [0.1, 0.15) is 0 Å². The summed E-state index contributed by atoms with van der Waals surface area (Å²) in [4.78, 5) is 0. The van der Waals surface area contributed by atoms with E-state index in [4.69, 9.17) is 9.47 Å². The van der Waals surface area contributed by atoms with Gasteiger partial charge in [-0.3, -0.25) is 0 Å². The first-order valence-electron chi connectivity index (χ1n) is 3.17. The van der Waals surface area contributed by atoms with E-state index in [0.717, 1.165) is 6.10 Å². The van der Waals surface area contributed by atoms with Crippen LogP contribution in [0.4, 0.5) is 0 Å². The molecule has 2 nitrogen and oxygen atoms in total. The van der Waals surface area contributed by atoms with Crippen molar-refractivity contribution in [1.82, 2.24) is 0 Å². The van der Waals surface area contributed by atoms with Crippen LogP contribution in [-0.2, 0) is 9.47 Å². The molecule has 0 spiro atoms. The number of hydrogen-bond donors (Lipinski definition) is 0. The fourth-order valence-corrected chi connectivity index (χ4v) is 0.884. The summed E-state index contributed by atoms with van der Waals surface area (Å²) in [7, 11) is 3.30. The van der Waals surface area contributed by atoms with Gasteiger partial charge in [-0.25, -0.2) is 0 Å². The highest BCUT2D eigenvalue weighted by Crippen LogP contribution is 2.17. The maximum absolute atomic E-state index is 5.09. The van der Waals surface area contributed by atoms with E-state index in [1.54, 1.807) is 14.2 Å². The molecule has 0 fully saturated rings. The van der Waals surface area contributed by atoms with Crippen molar-refractivity contribution in [2.24, 2.45) is 0 Å². The molecule has 1 unspecified atom stereocenters. The summed E-state index contributed by atoms with van der Waals surface area (Å²) in [6, 6.07) is 0. The molecule has 0 N–H and O–H groups in total. The molecule has 0 aliphatic heterocycles. The molecular formula is C8H11O2. The average Bonchev–Trinajstić information content (AvgIpc) is 2.04. The van der Waals surface area contributed by atoms with Crippen LogP contribution in [0.2, 0.25) is 0 Å². The van der Waals surface area contributed by atoms with Gasteiger partial charge in [-0.1, -0.05) is 18.2 Å². The van der Waals surface area contributed by atoms with Crippen LogP contribution in [0.3, 0.4) is 0 Å². The third kappa shape index (κ3) is 1.46. The largest absolute Gasteiger partial charge is 0.374 e. The highest BCUT2D eigenvalue weighted by molar-refractivity contribution is 5.25. The van der Waals surface area contributed by atoms with Crippen LogP contribution in [0.5, 0.6) is 0 Å². The first kappa shape index (κ1) is 7.51. The third-order valence-electron chi connectivity index (χ3n) is 1.43. The predicted molar refractivity (Wildman–Crippen MR) is 39.3 cm³/mol. The van der Waals surface area contributed by atoms with Crippen LogP contribution < -0.4 is 0 Å². The summed E-state index contributed by atoms with van der Waals surface area (Å²) in [6.45, 7) is 0. The summed E-state index contributed by atoms with van der Waals surface area (Å²) >= 11 is 0. The van der Waals surface area contributed by atoms with E-state index < -0.39 is 0 Å². The van der Waals surface area contributed by atoms with Crippen molar-refractivity contribution in [1.29, 1.82) is 0 Å². The van der Waals surface area contributed by atoms with Gasteiger partial charge >= 0.3 is 0 Å². The van der Waals surface area contributed by atoms with Crippen LogP contribution in [0.25, 0.3) is 0 Å². The maximum Gasteiger partial charge on any atom is 0.151 e. The third-order valence-corrected chi connectivity index (χ3v) is 1.43. The Bertz CT molecular complexity index is 131. The number of ether oxygens (including phenoxy) is 2. The van der Waals surface area contributed by atoms with Gasteiger partial charge in [-0.2, -0.15) is 0 Å². The molecular weight excluding hydrogens is 128 g/mol. The molecule has 2 heteroatoms. The zero-order valence-electron chi connectivity index (χ0n) is 6.20. The molecule has 0 bridgehead atoms. The van der Waals surface area contributed by atoms with E-state index in [1.807, 2.05) is 24.3 Å². The monoisotopic (exact) mass is 139 g/mol. The van der Waals surface area contributed by atoms with Crippen LogP contribution in [-0.4, -0.2) is 20.3 Å². The lowest BCUT2D eigenvalue weighted by Crippen LogP contribution is -2.19. The number of methoxy groups -OCH3 is 2. The summed E-state index contributed by atoms with van der Waals surface area (Å²) in [6.07, 6.45) is 8.55. The molecule has 0 saturated carbocycles. The second-order valence-corrected chi connectivity index (χ2v) is 2.01. The van der Waals surface area contributed by atoms with E-state index in [9.17, 15) is 0 Å². The van der Waals surface area contributed by atoms with Gasteiger partial charge in [0.2, 0.25) is 0 Å². The first-order valence-corrected chi connectivity index (χ1v) is 3.17. The van der Waals surface area contributed by atoms with Crippen molar-refractivity contribution in [3.8, 4) is 0 Å². The zero-order chi connectivity index (χ0) is 7.40. The lowest BCUT2D eigenvalue weighted by Gasteiger charge is -2.19. The van der Waals surface area contributed by atoms with Crippen LogP contribution >= 0.6 is 0 Å². The SMILES string of the molecule is CO[C]1C=CC=CC1OC. The fourth-order valence-electron chi connectivity index (χ4n) is 0.884. The van der Waals surface area contributed by atoms with Gasteiger partial charge in [0, 0.05) is 14.2 Å². The quantitative estimate of drug-likeness (QED) is 0.574. The molecule has 0 aromatic rings. The molecule has 0 aromatic heterocycles. The van der Waals surface area contributed by atoms with Crippen molar-refractivity contribution in [2.45, 2.75) is 6.10 Å². The van der Waals surface area contributed by atoms with E-state index in [1.165, 1.54) is 0 Å². The normalized spacial score (nSPS) is 25.6. The Morgan fingerprint density at radius 2 is 2.10 bits per heavy atom. The molecule has 1 aliphatic rings. The Kier molecular flexibility index (Phi) is 2.66. The summed E-state index contributed by atoms with van der Waals surface area (Å²) < 4.78 is 10.1. The summed E-state index contributed by atoms with van der Waals surface area (Å²) in [5.41, 5.74) is 0. The number of hydrogen-bond acceptors (Lipinski definition) is 2. The van der Waals surface area contributed by atoms with Crippen LogP contribution in [0, 0.1) is 6.10 Å². The van der Waals surface area contributed by atoms with Crippen LogP contribution in [0.15, 0.2) is 24.3 Å². The van der Waals surface area contributed by atoms with Crippen molar-refractivity contribution in [3.63, 3.8) is 0 Å². The minimum atomic E-state index is -0.00463. The molecule has 1 atom stereocenters. The molecule has 1 aliphatic carbocycles. The first-order chi connectivity index (χ1) is 4.88. The summed E-state index contributed by atoms with van der Waals surface area (Å²) in [5.74, 6) is 0. The molecule has 55 valence electrons. The van der Waals surface area contributed by atoms with E-state index in [-0.39, 0.29) is 6.10 Å². The Morgan fingerprint density at radius 1 is 1.30 bits per heavy atom. The van der Waals surface area contributed by atoms with Gasteiger partial charge in [-0.05, 0) is 6.08 Å². The lowest BCUT2D eigenvalue weighted by molar-refractivity contribution is 0.0756. The van der Waals surface area contributed by atoms with Crippen molar-refractivity contribution >= 4 is 0 Å². The standard InChI is InChI=1S/C8H11O2/c1-9-7-5-3-4-6-8(7)10-2/h3-7H,1-2H3. The summed E-state index contributed by atoms with van der Waals surface area (Å²) in [5, 5.41) is 0. The Hall–Kier alpha value is -0.600. The Morgan fingerprint density at radius 3 is 2.60 bits per heavy atom. The topological polar surface area (TPSA) is 18.5 Å². The molecule has 10 heavy (non-hydrogen) atoms. The highest BCUT2D eigenvalue weighted by atomic mass is 16.5. The van der Waals surface area contributed by atoms with Crippen molar-refractivity contribution < 1.29 is 9.47 Å². The minimum Gasteiger partial charge on any atom is -0.374 e. The van der Waals surface area contributed by atoms with Gasteiger partial charge < -0.3 is 9.47 Å². The molecule has 1 radical (unpaired) electrons. The predicted octanol–water partition coefficient (Wildman–Crippen LogP) is 1.31. The molecule has 0 amide bonds. The smallest absolute Gasteiger partial charge is 0.151 e. The molecule has 0 heterocycles. The Balaban J connectivity index is 2.55. The number of rotatable bonds is 2. The average molecular weight is 139 g/mol.